The molecule has 0 N–H and O–H groups in total. The van der Waals surface area contributed by atoms with E-state index in [-0.39, 0.29) is 41.6 Å². The second-order valence-corrected chi connectivity index (χ2v) is 9.16. The van der Waals surface area contributed by atoms with Crippen molar-refractivity contribution >= 4 is 35.0 Å². The van der Waals surface area contributed by atoms with E-state index in [1.165, 1.54) is 11.1 Å². The van der Waals surface area contributed by atoms with Gasteiger partial charge in [0.2, 0.25) is 0 Å². The molecule has 0 unspecified atom stereocenters. The molecule has 0 amide bonds. The molecule has 0 aliphatic heterocycles. The molecule has 0 saturated carbocycles. The Morgan fingerprint density at radius 1 is 0.730 bits per heavy atom. The Morgan fingerprint density at radius 2 is 1.19 bits per heavy atom. The van der Waals surface area contributed by atoms with E-state index in [0.29, 0.717) is 11.8 Å². The van der Waals surface area contributed by atoms with Crippen molar-refractivity contribution in [2.75, 3.05) is 0 Å². The summed E-state index contributed by atoms with van der Waals surface area (Å²) >= 11 is 0. The number of hydrogen-bond donors (Lipinski definition) is 0. The number of aliphatic imine (C=N–C) groups is 2. The summed E-state index contributed by atoms with van der Waals surface area (Å²) in [5, 5.41) is 0. The van der Waals surface area contributed by atoms with Crippen molar-refractivity contribution in [2.45, 2.75) is 53.4 Å². The molecule has 3 nitrogen and oxygen atoms in total. The first kappa shape index (κ1) is 34.5. The molecule has 0 spiro atoms. The average Bonchev–Trinajstić information content (AvgIpc) is 2.84. The number of pyridine rings is 1. The zero-order chi connectivity index (χ0) is 24.8. The van der Waals surface area contributed by atoms with E-state index in [2.05, 4.69) is 53.0 Å². The molecule has 6 heteroatoms. The minimum atomic E-state index is 0. The Labute approximate surface area is 245 Å². The minimum absolute atomic E-state index is 0. The van der Waals surface area contributed by atoms with Crippen molar-refractivity contribution in [3.8, 4) is 0 Å². The Hall–Kier alpha value is -2.50. The van der Waals surface area contributed by atoms with E-state index in [1.54, 1.807) is 0 Å². The van der Waals surface area contributed by atoms with Crippen LogP contribution in [0.2, 0.25) is 0 Å². The van der Waals surface area contributed by atoms with Gasteiger partial charge in [0.25, 0.3) is 0 Å². The second kappa shape index (κ2) is 15.7. The first-order valence-electron chi connectivity index (χ1n) is 11.8. The molecule has 0 bridgehead atoms. The van der Waals surface area contributed by atoms with Crippen LogP contribution in [0.1, 0.15) is 87.0 Å². The largest absolute Gasteiger partial charge is 2.00 e. The van der Waals surface area contributed by atoms with Gasteiger partial charge in [-0.05, 0) is 84.3 Å². The minimum Gasteiger partial charge on any atom is -1.00 e. The van der Waals surface area contributed by atoms with Crippen LogP contribution < -0.4 is 24.8 Å². The van der Waals surface area contributed by atoms with Gasteiger partial charge in [0, 0.05) is 0 Å². The fourth-order valence-electron chi connectivity index (χ4n) is 3.83. The Bertz CT molecular complexity index is 1230. The van der Waals surface area contributed by atoms with Crippen LogP contribution in [0.5, 0.6) is 0 Å². The molecular formula is C31H35Cl2CoN3. The topological polar surface area (TPSA) is 37.6 Å². The van der Waals surface area contributed by atoms with Crippen molar-refractivity contribution in [3.63, 3.8) is 0 Å². The van der Waals surface area contributed by atoms with Gasteiger partial charge in [-0.2, -0.15) is 0 Å². The maximum Gasteiger partial charge on any atom is 2.00 e. The SMILES string of the molecule is C=Cc1ccc(N=C(C)c2cccc(C(C)=Nc3c(C(C)C)cc(C=C)cc3C(C)C)n2)cc1.[Cl-].[Cl-].[Co+2]. The summed E-state index contributed by atoms with van der Waals surface area (Å²) in [5.74, 6) is 0.704. The molecule has 2 aromatic carbocycles. The van der Waals surface area contributed by atoms with Crippen molar-refractivity contribution in [1.29, 1.82) is 0 Å². The van der Waals surface area contributed by atoms with Gasteiger partial charge in [-0.25, -0.2) is 4.98 Å². The van der Waals surface area contributed by atoms with Crippen LogP contribution in [-0.4, -0.2) is 16.4 Å². The first-order valence-corrected chi connectivity index (χ1v) is 11.8. The zero-order valence-corrected chi connectivity index (χ0v) is 24.9. The molecule has 0 aliphatic carbocycles. The molecule has 0 atom stereocenters. The summed E-state index contributed by atoms with van der Waals surface area (Å²) in [6, 6.07) is 18.4. The maximum atomic E-state index is 5.12. The van der Waals surface area contributed by atoms with Gasteiger partial charge in [-0.1, -0.05) is 71.2 Å². The molecule has 0 saturated heterocycles. The number of rotatable bonds is 8. The fraction of sp³-hybridized carbons (Fsp3) is 0.258. The first-order chi connectivity index (χ1) is 16.2. The van der Waals surface area contributed by atoms with Crippen molar-refractivity contribution < 1.29 is 41.6 Å². The van der Waals surface area contributed by atoms with Crippen LogP contribution in [0.15, 0.2) is 77.7 Å². The van der Waals surface area contributed by atoms with Gasteiger partial charge in [-0.15, -0.1) is 0 Å². The number of benzene rings is 2. The van der Waals surface area contributed by atoms with Crippen molar-refractivity contribution in [1.82, 2.24) is 4.98 Å². The maximum absolute atomic E-state index is 5.12. The third kappa shape index (κ3) is 8.79. The average molecular weight is 579 g/mol. The van der Waals surface area contributed by atoms with Gasteiger partial charge >= 0.3 is 16.8 Å². The number of nitrogens with zero attached hydrogens (tertiary/aromatic N) is 3. The zero-order valence-electron chi connectivity index (χ0n) is 22.4. The van der Waals surface area contributed by atoms with Gasteiger partial charge in [0.05, 0.1) is 34.2 Å². The molecule has 3 rings (SSSR count). The monoisotopic (exact) mass is 578 g/mol. The van der Waals surface area contributed by atoms with E-state index in [1.807, 2.05) is 68.5 Å². The molecule has 1 heterocycles. The quantitative estimate of drug-likeness (QED) is 0.379. The molecule has 0 fully saturated rings. The van der Waals surface area contributed by atoms with E-state index in [4.69, 9.17) is 15.0 Å². The summed E-state index contributed by atoms with van der Waals surface area (Å²) in [6.07, 6.45) is 3.74. The van der Waals surface area contributed by atoms with Crippen LogP contribution >= 0.6 is 0 Å². The number of aromatic nitrogens is 1. The van der Waals surface area contributed by atoms with E-state index in [0.717, 1.165) is 45.3 Å². The predicted molar refractivity (Wildman–Crippen MR) is 149 cm³/mol. The van der Waals surface area contributed by atoms with Crippen LogP contribution in [0.3, 0.4) is 0 Å². The molecule has 37 heavy (non-hydrogen) atoms. The molecule has 1 aromatic heterocycles. The van der Waals surface area contributed by atoms with E-state index < -0.39 is 0 Å². The van der Waals surface area contributed by atoms with Crippen molar-refractivity contribution in [2.24, 2.45) is 9.98 Å². The molecular weight excluding hydrogens is 544 g/mol. The summed E-state index contributed by atoms with van der Waals surface area (Å²) in [5.41, 5.74) is 10.1. The van der Waals surface area contributed by atoms with Gasteiger partial charge in [0.15, 0.2) is 0 Å². The summed E-state index contributed by atoms with van der Waals surface area (Å²) in [4.78, 5) is 14.8. The summed E-state index contributed by atoms with van der Waals surface area (Å²) in [7, 11) is 0. The van der Waals surface area contributed by atoms with Gasteiger partial charge in [0.1, 0.15) is 0 Å². The normalized spacial score (nSPS) is 11.4. The van der Waals surface area contributed by atoms with Crippen LogP contribution in [0.4, 0.5) is 11.4 Å². The molecule has 0 aliphatic rings. The predicted octanol–water partition coefficient (Wildman–Crippen LogP) is 2.90. The second-order valence-electron chi connectivity index (χ2n) is 9.16. The molecule has 3 aromatic rings. The summed E-state index contributed by atoms with van der Waals surface area (Å²) in [6.45, 7) is 20.6. The van der Waals surface area contributed by atoms with Gasteiger partial charge in [-0.3, -0.25) is 9.98 Å². The van der Waals surface area contributed by atoms with Crippen LogP contribution in [0.25, 0.3) is 12.2 Å². The number of hydrogen-bond acceptors (Lipinski definition) is 3. The smallest absolute Gasteiger partial charge is 1.00 e. The fourth-order valence-corrected chi connectivity index (χ4v) is 3.83. The third-order valence-electron chi connectivity index (χ3n) is 5.87. The van der Waals surface area contributed by atoms with Crippen LogP contribution in [0, 0.1) is 0 Å². The van der Waals surface area contributed by atoms with Gasteiger partial charge < -0.3 is 24.8 Å². The van der Waals surface area contributed by atoms with E-state index in [9.17, 15) is 0 Å². The summed E-state index contributed by atoms with van der Waals surface area (Å²) < 4.78 is 0. The van der Waals surface area contributed by atoms with Crippen LogP contribution in [-0.2, 0) is 16.8 Å². The Morgan fingerprint density at radius 3 is 1.62 bits per heavy atom. The Kier molecular flexibility index (Phi) is 14.6. The number of halogens is 2. The van der Waals surface area contributed by atoms with Crippen molar-refractivity contribution in [3.05, 3.63) is 101 Å². The van der Waals surface area contributed by atoms with E-state index >= 15 is 0 Å². The standard InChI is InChI=1S/C31H35N3.2ClH.Co/c1-9-24-14-16-26(17-15-24)32-22(7)29-12-11-13-30(34-29)23(8)33-31-27(20(3)4)18-25(10-2)19-28(31)21(5)6;;;/h9-21H,1-2H2,3-8H3;2*1H;/q;;;+2/p-2. The molecule has 197 valence electrons. The third-order valence-corrected chi connectivity index (χ3v) is 5.87. The molecule has 1 radical (unpaired) electrons. The Balaban J connectivity index is 0.00000432.